The summed E-state index contributed by atoms with van der Waals surface area (Å²) in [6.07, 6.45) is 2.83. The zero-order valence-electron chi connectivity index (χ0n) is 9.47. The highest BCUT2D eigenvalue weighted by molar-refractivity contribution is 6.00. The van der Waals surface area contributed by atoms with E-state index >= 15 is 0 Å². The first-order valence-corrected chi connectivity index (χ1v) is 4.84. The van der Waals surface area contributed by atoms with E-state index in [1.54, 1.807) is 13.0 Å². The minimum Gasteiger partial charge on any atom is -0.496 e. The first-order chi connectivity index (χ1) is 8.08. The van der Waals surface area contributed by atoms with Gasteiger partial charge in [0.25, 0.3) is 5.69 Å². The second-order valence-electron chi connectivity index (χ2n) is 3.13. The monoisotopic (exact) mass is 236 g/mol. The minimum absolute atomic E-state index is 0.138. The van der Waals surface area contributed by atoms with Crippen LogP contribution in [0.15, 0.2) is 30.4 Å². The first kappa shape index (κ1) is 12.7. The highest BCUT2D eigenvalue weighted by atomic mass is 16.6. The van der Waals surface area contributed by atoms with E-state index in [1.807, 2.05) is 0 Å². The summed E-state index contributed by atoms with van der Waals surface area (Å²) in [4.78, 5) is 21.5. The molecule has 0 radical (unpaired) electrons. The Labute approximate surface area is 98.0 Å². The van der Waals surface area contributed by atoms with Crippen LogP contribution >= 0.6 is 0 Å². The zero-order chi connectivity index (χ0) is 12.8. The molecule has 1 amide bonds. The number of hydrogen-bond acceptors (Lipinski definition) is 4. The fraction of sp³-hybridized carbons (Fsp3) is 0.182. The molecule has 0 bridgehead atoms. The summed E-state index contributed by atoms with van der Waals surface area (Å²) in [5.74, 6) is -0.0542. The van der Waals surface area contributed by atoms with Crippen LogP contribution < -0.4 is 10.1 Å². The molecule has 0 spiro atoms. The number of rotatable bonds is 4. The van der Waals surface area contributed by atoms with E-state index in [1.165, 1.54) is 31.4 Å². The Balaban J connectivity index is 3.06. The van der Waals surface area contributed by atoms with Gasteiger partial charge in [-0.25, -0.2) is 0 Å². The number of anilines is 1. The molecule has 0 heterocycles. The lowest BCUT2D eigenvalue weighted by molar-refractivity contribution is -0.384. The number of allylic oxidation sites excluding steroid dienone is 1. The van der Waals surface area contributed by atoms with Gasteiger partial charge in [-0.05, 0) is 25.1 Å². The SMILES string of the molecule is CC=CC(=O)Nc1ccc(OC)cc1[N+](=O)[O-]. The van der Waals surface area contributed by atoms with Crippen molar-refractivity contribution in [3.05, 3.63) is 40.5 Å². The molecule has 0 saturated heterocycles. The van der Waals surface area contributed by atoms with Crippen LogP contribution in [0.2, 0.25) is 0 Å². The summed E-state index contributed by atoms with van der Waals surface area (Å²) >= 11 is 0. The Kier molecular flexibility index (Phi) is 4.21. The van der Waals surface area contributed by atoms with E-state index in [0.717, 1.165) is 0 Å². The number of amides is 1. The highest BCUT2D eigenvalue weighted by Crippen LogP contribution is 2.28. The lowest BCUT2D eigenvalue weighted by atomic mass is 10.2. The third-order valence-electron chi connectivity index (χ3n) is 1.98. The largest absolute Gasteiger partial charge is 0.496 e. The summed E-state index contributed by atoms with van der Waals surface area (Å²) in [5, 5.41) is 13.2. The molecule has 0 aromatic heterocycles. The van der Waals surface area contributed by atoms with Gasteiger partial charge in [0.05, 0.1) is 18.1 Å². The van der Waals surface area contributed by atoms with Crippen molar-refractivity contribution in [2.45, 2.75) is 6.92 Å². The van der Waals surface area contributed by atoms with Gasteiger partial charge in [-0.1, -0.05) is 6.08 Å². The van der Waals surface area contributed by atoms with E-state index in [-0.39, 0.29) is 11.4 Å². The first-order valence-electron chi connectivity index (χ1n) is 4.84. The Bertz CT molecular complexity index is 469. The van der Waals surface area contributed by atoms with E-state index in [2.05, 4.69) is 5.32 Å². The summed E-state index contributed by atoms with van der Waals surface area (Å²) in [6.45, 7) is 1.68. The lowest BCUT2D eigenvalue weighted by Crippen LogP contribution is -2.09. The van der Waals surface area contributed by atoms with Gasteiger partial charge in [0.1, 0.15) is 11.4 Å². The smallest absolute Gasteiger partial charge is 0.296 e. The topological polar surface area (TPSA) is 81.5 Å². The van der Waals surface area contributed by atoms with E-state index in [0.29, 0.717) is 5.75 Å². The molecular weight excluding hydrogens is 224 g/mol. The molecule has 1 aromatic carbocycles. The standard InChI is InChI=1S/C11H12N2O4/c1-3-4-11(14)12-9-6-5-8(17-2)7-10(9)13(15)16/h3-7H,1-2H3,(H,12,14). The van der Waals surface area contributed by atoms with Crippen molar-refractivity contribution in [3.63, 3.8) is 0 Å². The fourth-order valence-electron chi connectivity index (χ4n) is 1.22. The number of nitrogens with zero attached hydrogens (tertiary/aromatic N) is 1. The maximum absolute atomic E-state index is 11.3. The molecule has 1 N–H and O–H groups in total. The number of benzene rings is 1. The summed E-state index contributed by atoms with van der Waals surface area (Å²) < 4.78 is 4.88. The molecule has 0 aliphatic heterocycles. The third kappa shape index (κ3) is 3.30. The van der Waals surface area contributed by atoms with Crippen LogP contribution in [0.5, 0.6) is 5.75 Å². The van der Waals surface area contributed by atoms with Crippen molar-refractivity contribution in [3.8, 4) is 5.75 Å². The average Bonchev–Trinajstić information content (AvgIpc) is 2.29. The van der Waals surface area contributed by atoms with Gasteiger partial charge < -0.3 is 10.1 Å². The summed E-state index contributed by atoms with van der Waals surface area (Å²) in [6, 6.07) is 4.22. The van der Waals surface area contributed by atoms with Crippen molar-refractivity contribution in [2.75, 3.05) is 12.4 Å². The number of methoxy groups -OCH3 is 1. The quantitative estimate of drug-likeness (QED) is 0.493. The van der Waals surface area contributed by atoms with Crippen LogP contribution in [0.25, 0.3) is 0 Å². The Hall–Kier alpha value is -2.37. The number of nitro benzene ring substituents is 1. The third-order valence-corrected chi connectivity index (χ3v) is 1.98. The lowest BCUT2D eigenvalue weighted by Gasteiger charge is -2.05. The van der Waals surface area contributed by atoms with Gasteiger partial charge in [-0.15, -0.1) is 0 Å². The van der Waals surface area contributed by atoms with Crippen molar-refractivity contribution in [1.82, 2.24) is 0 Å². The number of nitro groups is 1. The van der Waals surface area contributed by atoms with E-state index in [9.17, 15) is 14.9 Å². The molecular formula is C11H12N2O4. The van der Waals surface area contributed by atoms with Gasteiger partial charge >= 0.3 is 0 Å². The van der Waals surface area contributed by atoms with Crippen LogP contribution in [-0.2, 0) is 4.79 Å². The van der Waals surface area contributed by atoms with Crippen LogP contribution in [-0.4, -0.2) is 17.9 Å². The second-order valence-corrected chi connectivity index (χ2v) is 3.13. The number of carbonyl (C=O) groups excluding carboxylic acids is 1. The number of hydrogen-bond donors (Lipinski definition) is 1. The van der Waals surface area contributed by atoms with Crippen molar-refractivity contribution in [1.29, 1.82) is 0 Å². The van der Waals surface area contributed by atoms with Gasteiger partial charge in [-0.2, -0.15) is 0 Å². The van der Waals surface area contributed by atoms with Crippen LogP contribution in [0.3, 0.4) is 0 Å². The minimum atomic E-state index is -0.576. The van der Waals surface area contributed by atoms with Gasteiger partial charge in [0.2, 0.25) is 5.91 Å². The molecule has 0 unspecified atom stereocenters. The molecule has 17 heavy (non-hydrogen) atoms. The fourth-order valence-corrected chi connectivity index (χ4v) is 1.22. The number of carbonyl (C=O) groups is 1. The van der Waals surface area contributed by atoms with E-state index < -0.39 is 10.8 Å². The summed E-state index contributed by atoms with van der Waals surface area (Å²) in [5.41, 5.74) is -0.0684. The maximum Gasteiger partial charge on any atom is 0.296 e. The zero-order valence-corrected chi connectivity index (χ0v) is 9.47. The van der Waals surface area contributed by atoms with Crippen molar-refractivity contribution in [2.24, 2.45) is 0 Å². The Morgan fingerprint density at radius 1 is 1.53 bits per heavy atom. The van der Waals surface area contributed by atoms with Crippen molar-refractivity contribution < 1.29 is 14.5 Å². The highest BCUT2D eigenvalue weighted by Gasteiger charge is 2.16. The van der Waals surface area contributed by atoms with Crippen LogP contribution in [0.1, 0.15) is 6.92 Å². The van der Waals surface area contributed by atoms with Gasteiger partial charge in [0, 0.05) is 0 Å². The number of nitrogens with one attached hydrogen (secondary N) is 1. The Morgan fingerprint density at radius 3 is 2.76 bits per heavy atom. The molecule has 6 nitrogen and oxygen atoms in total. The molecule has 1 aromatic rings. The number of ether oxygens (including phenoxy) is 1. The molecule has 1 rings (SSSR count). The molecule has 0 saturated carbocycles. The molecule has 6 heteroatoms. The van der Waals surface area contributed by atoms with Gasteiger partial charge in [-0.3, -0.25) is 14.9 Å². The second kappa shape index (κ2) is 5.64. The molecule has 0 aliphatic rings. The Morgan fingerprint density at radius 2 is 2.24 bits per heavy atom. The predicted octanol–water partition coefficient (Wildman–Crippen LogP) is 2.12. The van der Waals surface area contributed by atoms with E-state index in [4.69, 9.17) is 4.74 Å². The molecule has 0 aliphatic carbocycles. The van der Waals surface area contributed by atoms with Crippen molar-refractivity contribution >= 4 is 17.3 Å². The molecule has 90 valence electrons. The van der Waals surface area contributed by atoms with Crippen LogP contribution in [0.4, 0.5) is 11.4 Å². The van der Waals surface area contributed by atoms with Crippen LogP contribution in [0, 0.1) is 10.1 Å². The summed E-state index contributed by atoms with van der Waals surface area (Å²) in [7, 11) is 1.41. The molecule has 0 atom stereocenters. The van der Waals surface area contributed by atoms with Gasteiger partial charge in [0.15, 0.2) is 0 Å². The predicted molar refractivity (Wildman–Crippen MR) is 63.1 cm³/mol. The normalized spacial score (nSPS) is 10.2. The molecule has 0 fully saturated rings. The average molecular weight is 236 g/mol. The maximum atomic E-state index is 11.3.